The fraction of sp³-hybridized carbons (Fsp3) is 0.381. The van der Waals surface area contributed by atoms with Crippen LogP contribution in [0.3, 0.4) is 0 Å². The van der Waals surface area contributed by atoms with Gasteiger partial charge in [-0.3, -0.25) is 9.10 Å². The molecule has 1 heterocycles. The molecular weight excluding hydrogens is 393 g/mol. The normalized spacial score (nSPS) is 15.8. The van der Waals surface area contributed by atoms with Crippen molar-refractivity contribution in [3.8, 4) is 0 Å². The van der Waals surface area contributed by atoms with Crippen LogP contribution in [-0.2, 0) is 14.8 Å². The molecule has 3 rings (SSSR count). The van der Waals surface area contributed by atoms with Crippen LogP contribution in [0.5, 0.6) is 0 Å². The number of nitrogens with zero attached hydrogens (tertiary/aromatic N) is 2. The summed E-state index contributed by atoms with van der Waals surface area (Å²) in [4.78, 5) is 14.8. The van der Waals surface area contributed by atoms with E-state index in [9.17, 15) is 17.6 Å². The van der Waals surface area contributed by atoms with Crippen molar-refractivity contribution < 1.29 is 17.6 Å². The molecule has 1 amide bonds. The standard InChI is InChI=1S/C21H26FN3O3S/c1-16-3-7-19(8-4-16)25(29(27,28)20-9-5-17(22)6-10-20)15-21(26)23-18-11-13-24(2)14-12-18/h3-10,18H,11-15H2,1-2H3,(H,23,26). The van der Waals surface area contributed by atoms with Gasteiger partial charge in [-0.15, -0.1) is 0 Å². The molecule has 1 fully saturated rings. The molecule has 29 heavy (non-hydrogen) atoms. The van der Waals surface area contributed by atoms with Gasteiger partial charge in [0.1, 0.15) is 12.4 Å². The Labute approximate surface area is 171 Å². The molecule has 156 valence electrons. The molecule has 0 spiro atoms. The average Bonchev–Trinajstić information content (AvgIpc) is 2.69. The number of halogens is 1. The predicted molar refractivity (Wildman–Crippen MR) is 111 cm³/mol. The third-order valence-electron chi connectivity index (χ3n) is 5.09. The number of benzene rings is 2. The Kier molecular flexibility index (Phi) is 6.54. The Morgan fingerprint density at radius 3 is 2.28 bits per heavy atom. The van der Waals surface area contributed by atoms with Crippen LogP contribution in [-0.4, -0.2) is 51.9 Å². The number of hydrogen-bond acceptors (Lipinski definition) is 4. The minimum Gasteiger partial charge on any atom is -0.352 e. The SMILES string of the molecule is Cc1ccc(N(CC(=O)NC2CCN(C)CC2)S(=O)(=O)c2ccc(F)cc2)cc1. The first-order chi connectivity index (χ1) is 13.8. The molecule has 0 atom stereocenters. The predicted octanol–water partition coefficient (Wildman–Crippen LogP) is 2.54. The highest BCUT2D eigenvalue weighted by atomic mass is 32.2. The molecule has 0 aromatic heterocycles. The lowest BCUT2D eigenvalue weighted by Gasteiger charge is -2.30. The summed E-state index contributed by atoms with van der Waals surface area (Å²) >= 11 is 0. The molecular formula is C21H26FN3O3S. The van der Waals surface area contributed by atoms with Gasteiger partial charge in [-0.05, 0) is 76.3 Å². The molecule has 1 saturated heterocycles. The minimum atomic E-state index is -4.03. The van der Waals surface area contributed by atoms with Crippen LogP contribution in [0.15, 0.2) is 53.4 Å². The summed E-state index contributed by atoms with van der Waals surface area (Å²) in [6, 6.07) is 11.6. The van der Waals surface area contributed by atoms with E-state index in [1.54, 1.807) is 24.3 Å². The van der Waals surface area contributed by atoms with Crippen LogP contribution in [0, 0.1) is 12.7 Å². The third kappa shape index (κ3) is 5.33. The summed E-state index contributed by atoms with van der Waals surface area (Å²) in [7, 11) is -2.00. The van der Waals surface area contributed by atoms with Gasteiger partial charge >= 0.3 is 0 Å². The van der Waals surface area contributed by atoms with Crippen LogP contribution >= 0.6 is 0 Å². The number of nitrogens with one attached hydrogen (secondary N) is 1. The van der Waals surface area contributed by atoms with Crippen molar-refractivity contribution in [3.63, 3.8) is 0 Å². The van der Waals surface area contributed by atoms with Gasteiger partial charge in [0.15, 0.2) is 0 Å². The fourth-order valence-corrected chi connectivity index (χ4v) is 4.74. The highest BCUT2D eigenvalue weighted by Gasteiger charge is 2.28. The molecule has 2 aromatic rings. The molecule has 0 saturated carbocycles. The van der Waals surface area contributed by atoms with E-state index in [2.05, 4.69) is 10.2 Å². The Morgan fingerprint density at radius 2 is 1.69 bits per heavy atom. The second-order valence-electron chi connectivity index (χ2n) is 7.45. The van der Waals surface area contributed by atoms with Crippen molar-refractivity contribution >= 4 is 21.6 Å². The quantitative estimate of drug-likeness (QED) is 0.781. The van der Waals surface area contributed by atoms with E-state index < -0.39 is 15.8 Å². The lowest BCUT2D eigenvalue weighted by Crippen LogP contribution is -2.47. The number of hydrogen-bond donors (Lipinski definition) is 1. The van der Waals surface area contributed by atoms with Gasteiger partial charge in [0.05, 0.1) is 10.6 Å². The Bertz CT molecular complexity index is 938. The van der Waals surface area contributed by atoms with E-state index >= 15 is 0 Å². The fourth-order valence-electron chi connectivity index (χ4n) is 3.32. The van der Waals surface area contributed by atoms with Gasteiger partial charge in [0.2, 0.25) is 5.91 Å². The number of aryl methyl sites for hydroxylation is 1. The molecule has 2 aromatic carbocycles. The zero-order chi connectivity index (χ0) is 21.0. The minimum absolute atomic E-state index is 0.0343. The largest absolute Gasteiger partial charge is 0.352 e. The Hall–Kier alpha value is -2.45. The number of anilines is 1. The average molecular weight is 420 g/mol. The molecule has 0 unspecified atom stereocenters. The second-order valence-corrected chi connectivity index (χ2v) is 9.31. The van der Waals surface area contributed by atoms with E-state index in [0.29, 0.717) is 5.69 Å². The van der Waals surface area contributed by atoms with Crippen molar-refractivity contribution in [2.45, 2.75) is 30.7 Å². The molecule has 1 aliphatic heterocycles. The topological polar surface area (TPSA) is 69.7 Å². The molecule has 0 radical (unpaired) electrons. The monoisotopic (exact) mass is 419 g/mol. The first kappa shape index (κ1) is 21.3. The lowest BCUT2D eigenvalue weighted by molar-refractivity contribution is -0.120. The van der Waals surface area contributed by atoms with Crippen LogP contribution in [0.2, 0.25) is 0 Å². The first-order valence-corrected chi connectivity index (χ1v) is 11.0. The van der Waals surface area contributed by atoms with Gasteiger partial charge in [0, 0.05) is 6.04 Å². The van der Waals surface area contributed by atoms with Gasteiger partial charge in [-0.25, -0.2) is 12.8 Å². The van der Waals surface area contributed by atoms with E-state index in [4.69, 9.17) is 0 Å². The van der Waals surface area contributed by atoms with Gasteiger partial charge in [-0.1, -0.05) is 17.7 Å². The number of amides is 1. The van der Waals surface area contributed by atoms with Crippen LogP contribution in [0.1, 0.15) is 18.4 Å². The van der Waals surface area contributed by atoms with Crippen molar-refractivity contribution in [2.24, 2.45) is 0 Å². The van der Waals surface area contributed by atoms with E-state index in [0.717, 1.165) is 47.9 Å². The van der Waals surface area contributed by atoms with E-state index in [-0.39, 0.29) is 23.4 Å². The van der Waals surface area contributed by atoms with E-state index in [1.807, 2.05) is 14.0 Å². The number of piperidine rings is 1. The number of carbonyl (C=O) groups excluding carboxylic acids is 1. The summed E-state index contributed by atoms with van der Waals surface area (Å²) in [6.45, 7) is 3.34. The second kappa shape index (κ2) is 8.92. The van der Waals surface area contributed by atoms with Crippen molar-refractivity contribution in [2.75, 3.05) is 31.0 Å². The van der Waals surface area contributed by atoms with E-state index in [1.165, 1.54) is 12.1 Å². The number of likely N-dealkylation sites (tertiary alicyclic amines) is 1. The number of rotatable bonds is 6. The Morgan fingerprint density at radius 1 is 1.10 bits per heavy atom. The maximum absolute atomic E-state index is 13.3. The van der Waals surface area contributed by atoms with Crippen molar-refractivity contribution in [1.29, 1.82) is 0 Å². The zero-order valence-corrected chi connectivity index (χ0v) is 17.5. The number of sulfonamides is 1. The van der Waals surface area contributed by atoms with Crippen molar-refractivity contribution in [3.05, 3.63) is 59.9 Å². The molecule has 1 aliphatic rings. The number of carbonyl (C=O) groups is 1. The first-order valence-electron chi connectivity index (χ1n) is 9.58. The summed E-state index contributed by atoms with van der Waals surface area (Å²) in [6.07, 6.45) is 1.66. The molecule has 1 N–H and O–H groups in total. The smallest absolute Gasteiger partial charge is 0.264 e. The summed E-state index contributed by atoms with van der Waals surface area (Å²) in [5, 5.41) is 2.95. The van der Waals surface area contributed by atoms with Crippen LogP contribution in [0.4, 0.5) is 10.1 Å². The molecule has 8 heteroatoms. The van der Waals surface area contributed by atoms with Crippen LogP contribution < -0.4 is 9.62 Å². The highest BCUT2D eigenvalue weighted by Crippen LogP contribution is 2.24. The summed E-state index contributed by atoms with van der Waals surface area (Å²) in [5.74, 6) is -0.878. The molecule has 0 aliphatic carbocycles. The summed E-state index contributed by atoms with van der Waals surface area (Å²) in [5.41, 5.74) is 1.36. The maximum Gasteiger partial charge on any atom is 0.264 e. The molecule has 0 bridgehead atoms. The Balaban J connectivity index is 1.84. The zero-order valence-electron chi connectivity index (χ0n) is 16.6. The third-order valence-corrected chi connectivity index (χ3v) is 6.88. The van der Waals surface area contributed by atoms with Crippen molar-refractivity contribution in [1.82, 2.24) is 10.2 Å². The van der Waals surface area contributed by atoms with Gasteiger partial charge in [-0.2, -0.15) is 0 Å². The van der Waals surface area contributed by atoms with Crippen LogP contribution in [0.25, 0.3) is 0 Å². The van der Waals surface area contributed by atoms with Gasteiger partial charge < -0.3 is 10.2 Å². The highest BCUT2D eigenvalue weighted by molar-refractivity contribution is 7.92. The lowest BCUT2D eigenvalue weighted by atomic mass is 10.1. The maximum atomic E-state index is 13.3. The summed E-state index contributed by atoms with van der Waals surface area (Å²) < 4.78 is 40.8. The molecule has 6 nitrogen and oxygen atoms in total. The van der Waals surface area contributed by atoms with Gasteiger partial charge in [0.25, 0.3) is 10.0 Å².